The maximum atomic E-state index is 10.8. The zero-order chi connectivity index (χ0) is 14.4. The Morgan fingerprint density at radius 1 is 1.38 bits per heavy atom. The lowest BCUT2D eigenvalue weighted by atomic mass is 9.95. The lowest BCUT2D eigenvalue weighted by Gasteiger charge is -2.39. The van der Waals surface area contributed by atoms with E-state index in [2.05, 4.69) is 10.4 Å². The summed E-state index contributed by atoms with van der Waals surface area (Å²) in [6.45, 7) is 2.54. The topological polar surface area (TPSA) is 68.5 Å². The van der Waals surface area contributed by atoms with E-state index in [1.165, 1.54) is 25.7 Å². The Hall–Kier alpha value is -0.950. The van der Waals surface area contributed by atoms with E-state index in [4.69, 9.17) is 9.47 Å². The van der Waals surface area contributed by atoms with Crippen LogP contribution in [0.5, 0.6) is 0 Å². The molecule has 2 N–H and O–H groups in total. The number of rotatable bonds is 3. The van der Waals surface area contributed by atoms with Crippen LogP contribution in [0.25, 0.3) is 0 Å². The molecule has 1 aromatic rings. The monoisotopic (exact) mass is 293 g/mol. The van der Waals surface area contributed by atoms with Crippen molar-refractivity contribution in [3.63, 3.8) is 0 Å². The lowest BCUT2D eigenvalue weighted by molar-refractivity contribution is -0.169. The Balaban J connectivity index is 1.56. The molecule has 0 radical (unpaired) electrons. The summed E-state index contributed by atoms with van der Waals surface area (Å²) in [5.74, 6) is 0. The molecule has 0 aromatic carbocycles. The van der Waals surface area contributed by atoms with Gasteiger partial charge < -0.3 is 19.9 Å². The quantitative estimate of drug-likeness (QED) is 0.861. The molecular formula is C15H23N3O3. The number of aliphatic hydroxyl groups excluding tert-OH is 1. The zero-order valence-electron chi connectivity index (χ0n) is 12.3. The average molecular weight is 293 g/mol. The van der Waals surface area contributed by atoms with Gasteiger partial charge in [-0.05, 0) is 25.3 Å². The Labute approximate surface area is 124 Å². The highest BCUT2D eigenvalue weighted by Crippen LogP contribution is 2.36. The molecule has 4 rings (SSSR count). The maximum Gasteiger partial charge on any atom is 0.183 e. The number of aliphatic hydroxyl groups is 1. The molecule has 1 aliphatic carbocycles. The zero-order valence-corrected chi connectivity index (χ0v) is 12.3. The van der Waals surface area contributed by atoms with E-state index in [9.17, 15) is 5.11 Å². The van der Waals surface area contributed by atoms with Crippen LogP contribution in [0.4, 0.5) is 0 Å². The molecule has 3 fully saturated rings. The second-order valence-electron chi connectivity index (χ2n) is 6.53. The fraction of sp³-hybridized carbons (Fsp3) is 0.800. The second kappa shape index (κ2) is 5.35. The molecule has 0 amide bonds. The average Bonchev–Trinajstić information content (AvgIpc) is 3.17. The molecule has 2 saturated heterocycles. The molecule has 6 nitrogen and oxygen atoms in total. The van der Waals surface area contributed by atoms with Gasteiger partial charge in [-0.3, -0.25) is 4.68 Å². The first-order valence-electron chi connectivity index (χ1n) is 7.94. The summed E-state index contributed by atoms with van der Waals surface area (Å²) in [5.41, 5.74) is 1.07. The van der Waals surface area contributed by atoms with Crippen LogP contribution in [0.15, 0.2) is 12.4 Å². The molecule has 21 heavy (non-hydrogen) atoms. The molecular weight excluding hydrogens is 270 g/mol. The van der Waals surface area contributed by atoms with E-state index >= 15 is 0 Å². The molecule has 6 heteroatoms. The van der Waals surface area contributed by atoms with Crippen LogP contribution in [0.3, 0.4) is 0 Å². The van der Waals surface area contributed by atoms with Crippen LogP contribution in [-0.2, 0) is 9.47 Å². The Kier molecular flexibility index (Phi) is 3.49. The standard InChI is InChI=1S/C15H23N3O3/c1-9-6-16-18(7-9)13-14(19)12(11-8-20-15(13)21-11)17-10-4-2-3-5-10/h6-7,10-15,17,19H,2-5,8H2,1H3/t11-,12-,13-,14+,15-/m1/s1. The lowest BCUT2D eigenvalue weighted by Crippen LogP contribution is -2.59. The van der Waals surface area contributed by atoms with Crippen molar-refractivity contribution in [1.29, 1.82) is 0 Å². The molecule has 0 unspecified atom stereocenters. The number of hydrogen-bond donors (Lipinski definition) is 2. The van der Waals surface area contributed by atoms with Crippen LogP contribution >= 0.6 is 0 Å². The van der Waals surface area contributed by atoms with Crippen molar-refractivity contribution in [3.05, 3.63) is 18.0 Å². The first kappa shape index (κ1) is 13.7. The molecule has 1 saturated carbocycles. The van der Waals surface area contributed by atoms with E-state index < -0.39 is 12.4 Å². The molecule has 2 bridgehead atoms. The third-order valence-electron chi connectivity index (χ3n) is 4.95. The first-order valence-corrected chi connectivity index (χ1v) is 7.94. The van der Waals surface area contributed by atoms with Crippen LogP contribution in [0.2, 0.25) is 0 Å². The minimum atomic E-state index is -0.545. The first-order chi connectivity index (χ1) is 10.2. The van der Waals surface area contributed by atoms with Gasteiger partial charge in [-0.25, -0.2) is 0 Å². The largest absolute Gasteiger partial charge is 0.389 e. The highest BCUT2D eigenvalue weighted by atomic mass is 16.7. The van der Waals surface area contributed by atoms with Gasteiger partial charge in [0.1, 0.15) is 12.1 Å². The van der Waals surface area contributed by atoms with E-state index in [1.807, 2.05) is 13.1 Å². The molecule has 5 atom stereocenters. The van der Waals surface area contributed by atoms with Crippen molar-refractivity contribution in [2.75, 3.05) is 6.61 Å². The van der Waals surface area contributed by atoms with Gasteiger partial charge in [-0.1, -0.05) is 12.8 Å². The Morgan fingerprint density at radius 2 is 2.19 bits per heavy atom. The molecule has 3 aliphatic rings. The van der Waals surface area contributed by atoms with Crippen LogP contribution in [-0.4, -0.2) is 52.1 Å². The van der Waals surface area contributed by atoms with Crippen LogP contribution in [0.1, 0.15) is 37.3 Å². The fourth-order valence-corrected chi connectivity index (χ4v) is 3.85. The summed E-state index contributed by atoms with van der Waals surface area (Å²) < 4.78 is 13.5. The van der Waals surface area contributed by atoms with Crippen molar-refractivity contribution < 1.29 is 14.6 Å². The van der Waals surface area contributed by atoms with Gasteiger partial charge in [-0.2, -0.15) is 5.10 Å². The number of fused-ring (bicyclic) bond motifs is 2. The van der Waals surface area contributed by atoms with Crippen LogP contribution < -0.4 is 5.32 Å². The van der Waals surface area contributed by atoms with E-state index in [0.29, 0.717) is 12.6 Å². The molecule has 3 heterocycles. The van der Waals surface area contributed by atoms with E-state index in [1.54, 1.807) is 10.9 Å². The number of ether oxygens (including phenoxy) is 2. The van der Waals surface area contributed by atoms with Gasteiger partial charge in [0.15, 0.2) is 6.29 Å². The smallest absolute Gasteiger partial charge is 0.183 e. The summed E-state index contributed by atoms with van der Waals surface area (Å²) in [6, 6.07) is 0.128. The highest BCUT2D eigenvalue weighted by Gasteiger charge is 2.51. The van der Waals surface area contributed by atoms with Crippen LogP contribution in [0, 0.1) is 6.92 Å². The van der Waals surface area contributed by atoms with Gasteiger partial charge in [0, 0.05) is 12.2 Å². The van der Waals surface area contributed by atoms with Gasteiger partial charge in [0.05, 0.1) is 24.9 Å². The molecule has 116 valence electrons. The van der Waals surface area contributed by atoms with E-state index in [-0.39, 0.29) is 18.2 Å². The number of aryl methyl sites for hydroxylation is 1. The fourth-order valence-electron chi connectivity index (χ4n) is 3.85. The highest BCUT2D eigenvalue weighted by molar-refractivity contribution is 5.05. The molecule has 1 aromatic heterocycles. The predicted molar refractivity (Wildman–Crippen MR) is 75.8 cm³/mol. The summed E-state index contributed by atoms with van der Waals surface area (Å²) in [6.07, 6.45) is 7.65. The van der Waals surface area contributed by atoms with Gasteiger partial charge in [0.2, 0.25) is 0 Å². The number of aromatic nitrogens is 2. The third-order valence-corrected chi connectivity index (χ3v) is 4.95. The van der Waals surface area contributed by atoms with Gasteiger partial charge in [-0.15, -0.1) is 0 Å². The SMILES string of the molecule is Cc1cnn([C@H]2[C@@H]3OC[C@@H](O3)[C@@H](NC3CCCC3)[C@@H]2O)c1. The predicted octanol–water partition coefficient (Wildman–Crippen LogP) is 0.749. The van der Waals surface area contributed by atoms with Crippen molar-refractivity contribution in [2.24, 2.45) is 0 Å². The number of nitrogens with one attached hydrogen (secondary N) is 1. The summed E-state index contributed by atoms with van der Waals surface area (Å²) in [5, 5.41) is 18.8. The van der Waals surface area contributed by atoms with Crippen molar-refractivity contribution in [2.45, 2.75) is 69.2 Å². The normalized spacial score (nSPS) is 40.0. The van der Waals surface area contributed by atoms with Crippen molar-refractivity contribution >= 4 is 0 Å². The number of hydrogen-bond acceptors (Lipinski definition) is 5. The maximum absolute atomic E-state index is 10.8. The minimum absolute atomic E-state index is 0.0569. The summed E-state index contributed by atoms with van der Waals surface area (Å²) >= 11 is 0. The molecule has 0 spiro atoms. The summed E-state index contributed by atoms with van der Waals surface area (Å²) in [4.78, 5) is 0. The Bertz CT molecular complexity index is 500. The number of nitrogens with zero attached hydrogens (tertiary/aromatic N) is 2. The van der Waals surface area contributed by atoms with E-state index in [0.717, 1.165) is 5.56 Å². The minimum Gasteiger partial charge on any atom is -0.389 e. The third kappa shape index (κ3) is 2.40. The van der Waals surface area contributed by atoms with Gasteiger partial charge in [0.25, 0.3) is 0 Å². The van der Waals surface area contributed by atoms with Crippen molar-refractivity contribution in [3.8, 4) is 0 Å². The Morgan fingerprint density at radius 3 is 2.90 bits per heavy atom. The molecule has 2 aliphatic heterocycles. The van der Waals surface area contributed by atoms with Crippen molar-refractivity contribution in [1.82, 2.24) is 15.1 Å². The second-order valence-corrected chi connectivity index (χ2v) is 6.53. The summed E-state index contributed by atoms with van der Waals surface area (Å²) in [7, 11) is 0. The van der Waals surface area contributed by atoms with Gasteiger partial charge >= 0.3 is 0 Å².